The van der Waals surface area contributed by atoms with Gasteiger partial charge < -0.3 is 0 Å². The number of hydrogen-bond acceptors (Lipinski definition) is 3. The van der Waals surface area contributed by atoms with Crippen molar-refractivity contribution >= 4 is 38.7 Å². The highest BCUT2D eigenvalue weighted by Crippen LogP contribution is 2.46. The van der Waals surface area contributed by atoms with Crippen LogP contribution in [-0.2, 0) is 0 Å². The van der Waals surface area contributed by atoms with Gasteiger partial charge in [0.1, 0.15) is 17.6 Å². The van der Waals surface area contributed by atoms with Crippen LogP contribution >= 0.6 is 0 Å². The summed E-state index contributed by atoms with van der Waals surface area (Å²) in [5.41, 5.74) is 9.55. The number of aromatic nitrogens is 1. The molecule has 0 atom stereocenters. The molecule has 0 saturated carbocycles. The van der Waals surface area contributed by atoms with Crippen LogP contribution in [-0.4, -0.2) is 4.98 Å². The van der Waals surface area contributed by atoms with Gasteiger partial charge in [-0.05, 0) is 91.3 Å². The van der Waals surface area contributed by atoms with Gasteiger partial charge in [-0.25, -0.2) is 4.98 Å². The number of nitrogens with zero attached hydrogens (tertiary/aromatic N) is 3. The second-order valence-electron chi connectivity index (χ2n) is 11.5. The molecule has 0 N–H and O–H groups in total. The Bertz CT molecular complexity index is 2350. The van der Waals surface area contributed by atoms with Crippen molar-refractivity contribution in [3.8, 4) is 39.4 Å². The third-order valence-electron chi connectivity index (χ3n) is 8.72. The van der Waals surface area contributed by atoms with Crippen molar-refractivity contribution < 1.29 is 0 Å². The molecule has 1 aromatic heterocycles. The lowest BCUT2D eigenvalue weighted by atomic mass is 9.84. The molecule has 0 aliphatic carbocycles. The number of pyridine rings is 1. The molecule has 220 valence electrons. The van der Waals surface area contributed by atoms with E-state index < -0.39 is 0 Å². The number of hydrogen-bond donors (Lipinski definition) is 0. The molecular weight excluding hydrogens is 571 g/mol. The molecule has 0 amide bonds. The standard InChI is InChI=1S/C44H29N3/c45-30-33-16-13-25-42(46-33)47(34-17-5-2-6-18-34)35-28-26-32(27-29-35)43-38-21-9-11-23-40(38)44(41-24-12-10-22-39(41)43)37-20-8-7-19-36(37)31-14-3-1-4-15-31/h1-29H. The molecule has 3 heteroatoms. The van der Waals surface area contributed by atoms with E-state index in [0.717, 1.165) is 16.9 Å². The van der Waals surface area contributed by atoms with Gasteiger partial charge in [-0.15, -0.1) is 0 Å². The summed E-state index contributed by atoms with van der Waals surface area (Å²) in [6, 6.07) is 63.5. The number of rotatable bonds is 6. The molecule has 7 aromatic carbocycles. The molecule has 0 radical (unpaired) electrons. The first kappa shape index (κ1) is 28.0. The van der Waals surface area contributed by atoms with Gasteiger partial charge in [0.2, 0.25) is 0 Å². The second kappa shape index (κ2) is 12.1. The first-order valence-electron chi connectivity index (χ1n) is 15.7. The lowest BCUT2D eigenvalue weighted by Gasteiger charge is -2.25. The fourth-order valence-electron chi connectivity index (χ4n) is 6.68. The Labute approximate surface area is 274 Å². The molecule has 0 bridgehead atoms. The lowest BCUT2D eigenvalue weighted by molar-refractivity contribution is 1.16. The van der Waals surface area contributed by atoms with Crippen molar-refractivity contribution in [2.24, 2.45) is 0 Å². The van der Waals surface area contributed by atoms with Gasteiger partial charge in [-0.1, -0.05) is 140 Å². The Hall–Kier alpha value is -6.50. The summed E-state index contributed by atoms with van der Waals surface area (Å²) < 4.78 is 0. The smallest absolute Gasteiger partial charge is 0.142 e. The van der Waals surface area contributed by atoms with Crippen LogP contribution < -0.4 is 4.90 Å². The fraction of sp³-hybridized carbons (Fsp3) is 0. The predicted octanol–water partition coefficient (Wildman–Crippen LogP) is 11.7. The zero-order valence-corrected chi connectivity index (χ0v) is 25.6. The van der Waals surface area contributed by atoms with E-state index in [1.807, 2.05) is 30.3 Å². The van der Waals surface area contributed by atoms with Gasteiger partial charge in [-0.3, -0.25) is 4.90 Å². The zero-order chi connectivity index (χ0) is 31.6. The average Bonchev–Trinajstić information content (AvgIpc) is 3.15. The third kappa shape index (κ3) is 5.09. The topological polar surface area (TPSA) is 39.9 Å². The fourth-order valence-corrected chi connectivity index (χ4v) is 6.68. The van der Waals surface area contributed by atoms with E-state index in [9.17, 15) is 5.26 Å². The molecule has 1 heterocycles. The van der Waals surface area contributed by atoms with E-state index >= 15 is 0 Å². The molecule has 0 spiro atoms. The minimum absolute atomic E-state index is 0.381. The monoisotopic (exact) mass is 599 g/mol. The molecule has 8 rings (SSSR count). The van der Waals surface area contributed by atoms with Crippen LogP contribution in [0.4, 0.5) is 17.2 Å². The minimum atomic E-state index is 0.381. The van der Waals surface area contributed by atoms with Crippen LogP contribution in [0, 0.1) is 11.3 Å². The van der Waals surface area contributed by atoms with E-state index in [1.165, 1.54) is 49.4 Å². The number of nitriles is 1. The number of para-hydroxylation sites is 1. The summed E-state index contributed by atoms with van der Waals surface area (Å²) in [6.45, 7) is 0. The SMILES string of the molecule is N#Cc1cccc(N(c2ccccc2)c2ccc(-c3c4ccccc4c(-c4ccccc4-c4ccccc4)c4ccccc34)cc2)n1. The summed E-state index contributed by atoms with van der Waals surface area (Å²) in [6.07, 6.45) is 0. The molecule has 8 aromatic rings. The van der Waals surface area contributed by atoms with Gasteiger partial charge in [-0.2, -0.15) is 5.26 Å². The quantitative estimate of drug-likeness (QED) is 0.179. The highest BCUT2D eigenvalue weighted by Gasteiger charge is 2.20. The molecule has 0 aliphatic heterocycles. The predicted molar refractivity (Wildman–Crippen MR) is 195 cm³/mol. The van der Waals surface area contributed by atoms with Crippen molar-refractivity contribution in [2.45, 2.75) is 0 Å². The Morgan fingerprint density at radius 1 is 0.404 bits per heavy atom. The lowest BCUT2D eigenvalue weighted by Crippen LogP contribution is -2.11. The highest BCUT2D eigenvalue weighted by atomic mass is 15.2. The molecule has 3 nitrogen and oxygen atoms in total. The molecule has 0 aliphatic rings. The molecular formula is C44H29N3. The molecule has 47 heavy (non-hydrogen) atoms. The van der Waals surface area contributed by atoms with Crippen molar-refractivity contribution in [1.82, 2.24) is 4.98 Å². The number of fused-ring (bicyclic) bond motifs is 2. The summed E-state index contributed by atoms with van der Waals surface area (Å²) in [5, 5.41) is 14.4. The van der Waals surface area contributed by atoms with Crippen LogP contribution in [0.1, 0.15) is 5.69 Å². The van der Waals surface area contributed by atoms with Crippen molar-refractivity contribution in [1.29, 1.82) is 5.26 Å². The van der Waals surface area contributed by atoms with Crippen molar-refractivity contribution in [2.75, 3.05) is 4.90 Å². The maximum atomic E-state index is 9.55. The Morgan fingerprint density at radius 2 is 0.915 bits per heavy atom. The Kier molecular flexibility index (Phi) is 7.22. The molecule has 0 unspecified atom stereocenters. The van der Waals surface area contributed by atoms with E-state index in [0.29, 0.717) is 11.5 Å². The first-order chi connectivity index (χ1) is 23.3. The van der Waals surface area contributed by atoms with E-state index in [1.54, 1.807) is 6.07 Å². The third-order valence-corrected chi connectivity index (χ3v) is 8.72. The number of anilines is 3. The first-order valence-corrected chi connectivity index (χ1v) is 15.7. The van der Waals surface area contributed by atoms with Crippen LogP contribution in [0.3, 0.4) is 0 Å². The molecule has 0 saturated heterocycles. The van der Waals surface area contributed by atoms with Gasteiger partial charge in [0.05, 0.1) is 0 Å². The van der Waals surface area contributed by atoms with E-state index in [4.69, 9.17) is 0 Å². The highest BCUT2D eigenvalue weighted by molar-refractivity contribution is 6.22. The summed E-state index contributed by atoms with van der Waals surface area (Å²) >= 11 is 0. The summed E-state index contributed by atoms with van der Waals surface area (Å²) in [7, 11) is 0. The van der Waals surface area contributed by atoms with Gasteiger partial charge >= 0.3 is 0 Å². The van der Waals surface area contributed by atoms with Gasteiger partial charge in [0.15, 0.2) is 0 Å². The molecule has 0 fully saturated rings. The van der Waals surface area contributed by atoms with Crippen molar-refractivity contribution in [3.05, 3.63) is 182 Å². The van der Waals surface area contributed by atoms with E-state index in [2.05, 4.69) is 155 Å². The van der Waals surface area contributed by atoms with E-state index in [-0.39, 0.29) is 0 Å². The maximum absolute atomic E-state index is 9.55. The van der Waals surface area contributed by atoms with Crippen LogP contribution in [0.25, 0.3) is 54.9 Å². The van der Waals surface area contributed by atoms with Crippen molar-refractivity contribution in [3.63, 3.8) is 0 Å². The average molecular weight is 600 g/mol. The summed E-state index contributed by atoms with van der Waals surface area (Å²) in [5.74, 6) is 0.695. The van der Waals surface area contributed by atoms with Crippen LogP contribution in [0.2, 0.25) is 0 Å². The second-order valence-corrected chi connectivity index (χ2v) is 11.5. The summed E-state index contributed by atoms with van der Waals surface area (Å²) in [4.78, 5) is 6.73. The maximum Gasteiger partial charge on any atom is 0.142 e. The minimum Gasteiger partial charge on any atom is -0.295 e. The van der Waals surface area contributed by atoms with Crippen LogP contribution in [0.15, 0.2) is 176 Å². The van der Waals surface area contributed by atoms with Crippen LogP contribution in [0.5, 0.6) is 0 Å². The number of benzene rings is 7. The zero-order valence-electron chi connectivity index (χ0n) is 25.6. The normalized spacial score (nSPS) is 11.0. The van der Waals surface area contributed by atoms with Gasteiger partial charge in [0.25, 0.3) is 0 Å². The van der Waals surface area contributed by atoms with Gasteiger partial charge in [0, 0.05) is 11.4 Å². The Morgan fingerprint density at radius 3 is 1.53 bits per heavy atom. The Balaban J connectivity index is 1.33. The largest absolute Gasteiger partial charge is 0.295 e.